The van der Waals surface area contributed by atoms with E-state index in [2.05, 4.69) is 21.2 Å². The summed E-state index contributed by atoms with van der Waals surface area (Å²) < 4.78 is 41.1. The molecule has 1 heterocycles. The number of anilines is 1. The lowest BCUT2D eigenvalue weighted by molar-refractivity contribution is 0.0521. The molecule has 2 unspecified atom stereocenters. The number of hydrogen-bond acceptors (Lipinski definition) is 4. The minimum atomic E-state index is -3.86. The first-order valence-corrected chi connectivity index (χ1v) is 12.0. The first-order valence-electron chi connectivity index (χ1n) is 9.37. The maximum Gasteiger partial charge on any atom is 0.257 e. The molecule has 6 nitrogen and oxygen atoms in total. The molecule has 0 radical (unpaired) electrons. The highest BCUT2D eigenvalue weighted by molar-refractivity contribution is 9.10. The Morgan fingerprint density at radius 3 is 2.73 bits per heavy atom. The zero-order valence-electron chi connectivity index (χ0n) is 16.1. The summed E-state index contributed by atoms with van der Waals surface area (Å²) in [6, 6.07) is 7.92. The summed E-state index contributed by atoms with van der Waals surface area (Å²) in [5, 5.41) is 12.7. The fraction of sp³-hybridized carbons (Fsp3) is 0.350. The molecule has 2 atom stereocenters. The number of aliphatic hydroxyl groups is 1. The topological polar surface area (TPSA) is 86.7 Å². The van der Waals surface area contributed by atoms with Crippen LogP contribution in [0.2, 0.25) is 5.02 Å². The highest BCUT2D eigenvalue weighted by Gasteiger charge is 2.34. The van der Waals surface area contributed by atoms with Crippen LogP contribution < -0.4 is 5.32 Å². The second-order valence-corrected chi connectivity index (χ2v) is 10.3. The molecule has 0 spiro atoms. The lowest BCUT2D eigenvalue weighted by Gasteiger charge is -2.35. The monoisotopic (exact) mass is 518 g/mol. The van der Waals surface area contributed by atoms with Gasteiger partial charge in [0.15, 0.2) is 0 Å². The van der Waals surface area contributed by atoms with Gasteiger partial charge in [0.1, 0.15) is 5.82 Å². The molecule has 0 aromatic heterocycles. The van der Waals surface area contributed by atoms with Crippen LogP contribution in [-0.4, -0.2) is 42.9 Å². The fourth-order valence-electron chi connectivity index (χ4n) is 3.37. The van der Waals surface area contributed by atoms with Crippen LogP contribution in [0.1, 0.15) is 30.1 Å². The van der Waals surface area contributed by atoms with E-state index in [0.717, 1.165) is 0 Å². The summed E-state index contributed by atoms with van der Waals surface area (Å²) in [5.74, 6) is -1.23. The van der Waals surface area contributed by atoms with Crippen LogP contribution in [0.25, 0.3) is 0 Å². The summed E-state index contributed by atoms with van der Waals surface area (Å²) in [7, 11) is -3.86. The van der Waals surface area contributed by atoms with Gasteiger partial charge in [0.05, 0.1) is 26.1 Å². The number of hydrogen-bond donors (Lipinski definition) is 2. The van der Waals surface area contributed by atoms with Crippen LogP contribution in [0.4, 0.5) is 10.1 Å². The number of halogens is 3. The fourth-order valence-corrected chi connectivity index (χ4v) is 5.49. The zero-order valence-corrected chi connectivity index (χ0v) is 19.3. The summed E-state index contributed by atoms with van der Waals surface area (Å²) in [4.78, 5) is 12.6. The molecule has 2 N–H and O–H groups in total. The molecule has 10 heteroatoms. The van der Waals surface area contributed by atoms with E-state index < -0.39 is 27.9 Å². The Balaban J connectivity index is 1.86. The van der Waals surface area contributed by atoms with Crippen molar-refractivity contribution in [3.63, 3.8) is 0 Å². The number of amides is 1. The van der Waals surface area contributed by atoms with Gasteiger partial charge in [-0.25, -0.2) is 12.8 Å². The molecule has 162 valence electrons. The van der Waals surface area contributed by atoms with Crippen LogP contribution in [0.3, 0.4) is 0 Å². The summed E-state index contributed by atoms with van der Waals surface area (Å²) in [6.07, 6.45) is 0.496. The molecule has 1 amide bonds. The standard InChI is InChI=1S/C20H21BrClFN2O4S/c1-2-12-11-25(8-7-19(12)26)30(28,29)14-4-5-17(22)15(10-14)20(27)24-13-3-6-18(23)16(21)9-13/h3-6,9-10,12,19,26H,2,7-8,11H2,1H3,(H,24,27). The van der Waals surface area contributed by atoms with Crippen LogP contribution in [0, 0.1) is 11.7 Å². The Hall–Kier alpha value is -1.52. The van der Waals surface area contributed by atoms with Crippen LogP contribution in [-0.2, 0) is 10.0 Å². The van der Waals surface area contributed by atoms with E-state index in [1.54, 1.807) is 0 Å². The van der Waals surface area contributed by atoms with E-state index in [1.165, 1.54) is 40.7 Å². The number of sulfonamides is 1. The Bertz CT molecular complexity index is 1070. The molecule has 3 rings (SSSR count). The van der Waals surface area contributed by atoms with Gasteiger partial charge >= 0.3 is 0 Å². The molecule has 2 aromatic rings. The highest BCUT2D eigenvalue weighted by Crippen LogP contribution is 2.29. The molecular formula is C20H21BrClFN2O4S. The number of aliphatic hydroxyl groups excluding tert-OH is 1. The van der Waals surface area contributed by atoms with Gasteiger partial charge in [0.25, 0.3) is 5.91 Å². The number of rotatable bonds is 5. The summed E-state index contributed by atoms with van der Waals surface area (Å²) in [6.45, 7) is 2.32. The average Bonchev–Trinajstić information content (AvgIpc) is 2.71. The molecule has 1 aliphatic heterocycles. The molecule has 0 saturated carbocycles. The maximum atomic E-state index is 13.4. The van der Waals surface area contributed by atoms with E-state index in [4.69, 9.17) is 11.6 Å². The van der Waals surface area contributed by atoms with Crippen LogP contribution in [0.15, 0.2) is 45.8 Å². The summed E-state index contributed by atoms with van der Waals surface area (Å²) in [5.41, 5.74) is 0.315. The zero-order chi connectivity index (χ0) is 22.1. The Morgan fingerprint density at radius 2 is 2.07 bits per heavy atom. The highest BCUT2D eigenvalue weighted by atomic mass is 79.9. The van der Waals surface area contributed by atoms with Crippen molar-refractivity contribution >= 4 is 49.1 Å². The molecule has 2 aromatic carbocycles. The predicted octanol–water partition coefficient (Wildman–Crippen LogP) is 4.28. The third kappa shape index (κ3) is 4.86. The summed E-state index contributed by atoms with van der Waals surface area (Å²) >= 11 is 9.19. The first-order chi connectivity index (χ1) is 14.1. The van der Waals surface area contributed by atoms with Gasteiger partial charge in [0, 0.05) is 18.8 Å². The lowest BCUT2D eigenvalue weighted by Crippen LogP contribution is -2.45. The number of nitrogens with one attached hydrogen (secondary N) is 1. The van der Waals surface area contributed by atoms with Crippen molar-refractivity contribution in [1.29, 1.82) is 0 Å². The smallest absolute Gasteiger partial charge is 0.257 e. The van der Waals surface area contributed by atoms with Gasteiger partial charge < -0.3 is 10.4 Å². The van der Waals surface area contributed by atoms with E-state index in [0.29, 0.717) is 18.5 Å². The number of nitrogens with zero attached hydrogens (tertiary/aromatic N) is 1. The van der Waals surface area contributed by atoms with E-state index in [-0.39, 0.29) is 39.0 Å². The molecule has 0 bridgehead atoms. The van der Waals surface area contributed by atoms with E-state index >= 15 is 0 Å². The molecule has 30 heavy (non-hydrogen) atoms. The lowest BCUT2D eigenvalue weighted by atomic mass is 9.94. The van der Waals surface area contributed by atoms with Crippen molar-refractivity contribution in [3.8, 4) is 0 Å². The second-order valence-electron chi connectivity index (χ2n) is 7.11. The van der Waals surface area contributed by atoms with Gasteiger partial charge in [-0.3, -0.25) is 4.79 Å². The third-order valence-electron chi connectivity index (χ3n) is 5.18. The minimum Gasteiger partial charge on any atom is -0.393 e. The Kier molecular flexibility index (Phi) is 7.19. The van der Waals surface area contributed by atoms with E-state index in [1.807, 2.05) is 6.92 Å². The number of carbonyl (C=O) groups is 1. The first kappa shape index (κ1) is 23.1. The maximum absolute atomic E-state index is 13.4. The number of carbonyl (C=O) groups excluding carboxylic acids is 1. The minimum absolute atomic E-state index is 0.0118. The predicted molar refractivity (Wildman–Crippen MR) is 117 cm³/mol. The number of piperidine rings is 1. The van der Waals surface area contributed by atoms with Crippen LogP contribution >= 0.6 is 27.5 Å². The van der Waals surface area contributed by atoms with Crippen molar-refractivity contribution in [3.05, 3.63) is 57.3 Å². The molecule has 0 aliphatic carbocycles. The Labute approximate surface area is 188 Å². The van der Waals surface area contributed by atoms with Crippen molar-refractivity contribution < 1.29 is 22.7 Å². The molecular weight excluding hydrogens is 499 g/mol. The van der Waals surface area contributed by atoms with Crippen LogP contribution in [0.5, 0.6) is 0 Å². The van der Waals surface area contributed by atoms with Gasteiger partial charge in [-0.2, -0.15) is 4.31 Å². The average molecular weight is 520 g/mol. The van der Waals surface area contributed by atoms with Gasteiger partial charge in [-0.1, -0.05) is 18.5 Å². The third-order valence-corrected chi connectivity index (χ3v) is 7.98. The van der Waals surface area contributed by atoms with E-state index in [9.17, 15) is 22.7 Å². The van der Waals surface area contributed by atoms with Crippen molar-refractivity contribution in [1.82, 2.24) is 4.31 Å². The second kappa shape index (κ2) is 9.32. The van der Waals surface area contributed by atoms with Gasteiger partial charge in [0.2, 0.25) is 10.0 Å². The SMILES string of the molecule is CCC1CN(S(=O)(=O)c2ccc(Cl)c(C(=O)Nc3ccc(F)c(Br)c3)c2)CCC1O. The van der Waals surface area contributed by atoms with Crippen molar-refractivity contribution in [2.75, 3.05) is 18.4 Å². The quantitative estimate of drug-likeness (QED) is 0.617. The van der Waals surface area contributed by atoms with Gasteiger partial charge in [-0.15, -0.1) is 0 Å². The number of benzene rings is 2. The molecule has 1 fully saturated rings. The molecule has 1 aliphatic rings. The molecule has 1 saturated heterocycles. The normalized spacial score (nSPS) is 20.2. The Morgan fingerprint density at radius 1 is 1.33 bits per heavy atom. The van der Waals surface area contributed by atoms with Gasteiger partial charge in [-0.05, 0) is 71.1 Å². The van der Waals surface area contributed by atoms with Crippen molar-refractivity contribution in [2.45, 2.75) is 30.8 Å². The van der Waals surface area contributed by atoms with Crippen molar-refractivity contribution in [2.24, 2.45) is 5.92 Å². The largest absolute Gasteiger partial charge is 0.393 e.